The van der Waals surface area contributed by atoms with E-state index in [4.69, 9.17) is 4.74 Å². The van der Waals surface area contributed by atoms with E-state index in [9.17, 15) is 18.0 Å². The second-order valence-corrected chi connectivity index (χ2v) is 8.91. The summed E-state index contributed by atoms with van der Waals surface area (Å²) in [5, 5.41) is 15.2. The molecule has 0 unspecified atom stereocenters. The van der Waals surface area contributed by atoms with Gasteiger partial charge in [0.2, 0.25) is 17.7 Å². The van der Waals surface area contributed by atoms with Gasteiger partial charge >= 0.3 is 0 Å². The first-order valence-electron chi connectivity index (χ1n) is 11.5. The van der Waals surface area contributed by atoms with Crippen molar-refractivity contribution in [2.24, 2.45) is 0 Å². The van der Waals surface area contributed by atoms with Gasteiger partial charge < -0.3 is 15.0 Å². The van der Waals surface area contributed by atoms with Crippen LogP contribution in [0.1, 0.15) is 20.3 Å². The Bertz CT molecular complexity index is 1430. The zero-order chi connectivity index (χ0) is 25.6. The van der Waals surface area contributed by atoms with E-state index in [-0.39, 0.29) is 37.2 Å². The minimum Gasteiger partial charge on any atom is -0.479 e. The Morgan fingerprint density at radius 1 is 1.33 bits per heavy atom. The molecule has 10 nitrogen and oxygen atoms in total. The summed E-state index contributed by atoms with van der Waals surface area (Å²) < 4.78 is 51.5. The fourth-order valence-electron chi connectivity index (χ4n) is 4.48. The number of benzene rings is 1. The van der Waals surface area contributed by atoms with Crippen LogP contribution in [0.3, 0.4) is 0 Å². The van der Waals surface area contributed by atoms with Gasteiger partial charge in [-0.25, -0.2) is 22.4 Å². The number of aromatic nitrogens is 6. The lowest BCUT2D eigenvalue weighted by atomic mass is 10.0. The summed E-state index contributed by atoms with van der Waals surface area (Å²) in [6.45, 7) is 2.36. The van der Waals surface area contributed by atoms with E-state index in [1.165, 1.54) is 30.2 Å². The van der Waals surface area contributed by atoms with Crippen LogP contribution in [0.2, 0.25) is 0 Å². The van der Waals surface area contributed by atoms with E-state index in [2.05, 4.69) is 25.7 Å². The van der Waals surface area contributed by atoms with Crippen molar-refractivity contribution in [3.05, 3.63) is 30.5 Å². The zero-order valence-electron chi connectivity index (χ0n) is 20.0. The highest BCUT2D eigenvalue weighted by molar-refractivity contribution is 5.89. The molecule has 2 atom stereocenters. The number of methoxy groups -OCH3 is 1. The highest BCUT2D eigenvalue weighted by Crippen LogP contribution is 2.34. The second kappa shape index (κ2) is 8.95. The summed E-state index contributed by atoms with van der Waals surface area (Å²) >= 11 is 0. The highest BCUT2D eigenvalue weighted by atomic mass is 19.3. The number of carbonyl (C=O) groups excluding carboxylic acids is 1. The van der Waals surface area contributed by atoms with Gasteiger partial charge in [-0.2, -0.15) is 4.98 Å². The van der Waals surface area contributed by atoms with Crippen LogP contribution in [-0.4, -0.2) is 78.7 Å². The van der Waals surface area contributed by atoms with E-state index >= 15 is 0 Å². The lowest BCUT2D eigenvalue weighted by Crippen LogP contribution is -2.55. The predicted octanol–water partition coefficient (Wildman–Crippen LogP) is 3.18. The van der Waals surface area contributed by atoms with Gasteiger partial charge in [-0.3, -0.25) is 4.79 Å². The van der Waals surface area contributed by atoms with Gasteiger partial charge in [0.25, 0.3) is 5.92 Å². The van der Waals surface area contributed by atoms with Crippen molar-refractivity contribution in [3.63, 3.8) is 0 Å². The summed E-state index contributed by atoms with van der Waals surface area (Å²) in [6, 6.07) is 6.06. The smallest absolute Gasteiger partial charge is 0.285 e. The Morgan fingerprint density at radius 3 is 2.83 bits per heavy atom. The summed E-state index contributed by atoms with van der Waals surface area (Å²) in [5.74, 6) is -3.36. The predicted molar refractivity (Wildman–Crippen MR) is 126 cm³/mol. The summed E-state index contributed by atoms with van der Waals surface area (Å²) in [5.41, 5.74) is 3.37. The molecule has 0 spiro atoms. The van der Waals surface area contributed by atoms with Gasteiger partial charge in [0.1, 0.15) is 17.2 Å². The summed E-state index contributed by atoms with van der Waals surface area (Å²) in [7, 11) is 1.44. The molecule has 0 aliphatic carbocycles. The monoisotopic (exact) mass is 502 g/mol. The van der Waals surface area contributed by atoms with Crippen LogP contribution in [0.5, 0.6) is 5.88 Å². The quantitative estimate of drug-likeness (QED) is 0.432. The van der Waals surface area contributed by atoms with Crippen LogP contribution in [0, 0.1) is 0 Å². The first-order valence-corrected chi connectivity index (χ1v) is 11.5. The molecule has 1 aliphatic rings. The number of carbonyl (C=O) groups is 1. The fraction of sp³-hybridized carbons (Fsp3) is 0.435. The number of fused-ring (bicyclic) bond motifs is 2. The van der Waals surface area contributed by atoms with Crippen LogP contribution >= 0.6 is 0 Å². The maximum absolute atomic E-state index is 14.7. The summed E-state index contributed by atoms with van der Waals surface area (Å²) in [6.07, 6.45) is 0.641. The molecule has 1 fully saturated rings. The van der Waals surface area contributed by atoms with Crippen LogP contribution in [0.25, 0.3) is 27.7 Å². The Morgan fingerprint density at radius 2 is 2.14 bits per heavy atom. The van der Waals surface area contributed by atoms with Crippen LogP contribution in [0.15, 0.2) is 30.5 Å². The molecule has 0 saturated carbocycles. The number of piperidine rings is 1. The molecular weight excluding hydrogens is 477 g/mol. The van der Waals surface area contributed by atoms with E-state index in [0.29, 0.717) is 16.6 Å². The van der Waals surface area contributed by atoms with Crippen molar-refractivity contribution < 1.29 is 22.7 Å². The number of nitrogens with zero attached hydrogens (tertiary/aromatic N) is 7. The number of likely N-dealkylation sites (tertiary alicyclic amines) is 1. The number of hydrogen-bond acceptors (Lipinski definition) is 7. The molecule has 1 saturated heterocycles. The van der Waals surface area contributed by atoms with Crippen LogP contribution in [-0.2, 0) is 11.3 Å². The Kier molecular flexibility index (Phi) is 5.92. The number of anilines is 1. The number of nitrogens with one attached hydrogen (secondary N) is 1. The van der Waals surface area contributed by atoms with Gasteiger partial charge in [0, 0.05) is 25.2 Å². The molecule has 4 aromatic rings. The number of amides is 1. The van der Waals surface area contributed by atoms with Gasteiger partial charge in [0.05, 0.1) is 31.8 Å². The highest BCUT2D eigenvalue weighted by Gasteiger charge is 2.45. The van der Waals surface area contributed by atoms with Crippen LogP contribution in [0.4, 0.5) is 19.1 Å². The van der Waals surface area contributed by atoms with Crippen molar-refractivity contribution in [2.75, 3.05) is 25.5 Å². The number of alkyl halides is 3. The molecule has 1 amide bonds. The number of rotatable bonds is 6. The number of ether oxygens (including phenoxy) is 1. The molecule has 13 heteroatoms. The van der Waals surface area contributed by atoms with Crippen molar-refractivity contribution >= 4 is 28.4 Å². The van der Waals surface area contributed by atoms with Gasteiger partial charge in [0.15, 0.2) is 0 Å². The van der Waals surface area contributed by atoms with E-state index in [0.717, 1.165) is 16.0 Å². The number of halogens is 3. The van der Waals surface area contributed by atoms with Gasteiger partial charge in [-0.05, 0) is 37.1 Å². The molecule has 3 aromatic heterocycles. The lowest BCUT2D eigenvalue weighted by Gasteiger charge is -2.38. The van der Waals surface area contributed by atoms with E-state index < -0.39 is 24.7 Å². The standard InChI is InChI=1S/C23H25F3N8O2/c1-13(24)11-34-18-10-15(4-5-17(18)29-31-34)16-6-9-33-20(16)21(36-3)28-22(30-33)27-19-7-8-32(14(2)35)12-23(19,25)26/h4-6,9-10,13,19H,7-8,11-12H2,1-3H3,(H,27,30)/t13-,19+/m0/s1. The largest absolute Gasteiger partial charge is 0.479 e. The average Bonchev–Trinajstić information content (AvgIpc) is 3.43. The Hall–Kier alpha value is -3.90. The van der Waals surface area contributed by atoms with Crippen molar-refractivity contribution in [2.45, 2.75) is 44.9 Å². The minimum atomic E-state index is -3.15. The molecule has 0 radical (unpaired) electrons. The third-order valence-corrected chi connectivity index (χ3v) is 6.27. The fourth-order valence-corrected chi connectivity index (χ4v) is 4.48. The normalized spacial score (nSPS) is 18.5. The zero-order valence-corrected chi connectivity index (χ0v) is 20.0. The molecule has 1 N–H and O–H groups in total. The SMILES string of the molecule is COc1nc(N[C@@H]2CCN(C(C)=O)CC2(F)F)nn2ccc(-c3ccc4nnn(C[C@H](C)F)c4c3)c12. The Balaban J connectivity index is 1.48. The van der Waals surface area contributed by atoms with Crippen LogP contribution < -0.4 is 10.1 Å². The first-order chi connectivity index (χ1) is 17.2. The van der Waals surface area contributed by atoms with E-state index in [1.807, 2.05) is 18.2 Å². The van der Waals surface area contributed by atoms with E-state index in [1.54, 1.807) is 12.3 Å². The molecule has 0 bridgehead atoms. The molecule has 4 heterocycles. The number of hydrogen-bond donors (Lipinski definition) is 1. The second-order valence-electron chi connectivity index (χ2n) is 8.91. The summed E-state index contributed by atoms with van der Waals surface area (Å²) in [4.78, 5) is 17.0. The van der Waals surface area contributed by atoms with Gasteiger partial charge in [-0.1, -0.05) is 11.3 Å². The lowest BCUT2D eigenvalue weighted by molar-refractivity contribution is -0.140. The maximum atomic E-state index is 14.7. The molecule has 190 valence electrons. The third-order valence-electron chi connectivity index (χ3n) is 6.27. The third kappa shape index (κ3) is 4.29. The topological polar surface area (TPSA) is 102 Å². The van der Waals surface area contributed by atoms with Gasteiger partial charge in [-0.15, -0.1) is 10.2 Å². The average molecular weight is 503 g/mol. The van der Waals surface area contributed by atoms with Crippen molar-refractivity contribution in [3.8, 4) is 17.0 Å². The molecule has 1 aromatic carbocycles. The maximum Gasteiger partial charge on any atom is 0.285 e. The minimum absolute atomic E-state index is 0.0166. The molecule has 5 rings (SSSR count). The first kappa shape index (κ1) is 23.8. The molecule has 1 aliphatic heterocycles. The van der Waals surface area contributed by atoms with Crippen molar-refractivity contribution in [1.29, 1.82) is 0 Å². The Labute approximate surface area is 204 Å². The molecule has 36 heavy (non-hydrogen) atoms. The van der Waals surface area contributed by atoms with Crippen molar-refractivity contribution in [1.82, 2.24) is 34.5 Å². The molecular formula is C23H25F3N8O2.